The van der Waals surface area contributed by atoms with Gasteiger partial charge in [-0.2, -0.15) is 0 Å². The number of hydrogen-bond donors (Lipinski definition) is 1. The van der Waals surface area contributed by atoms with E-state index in [4.69, 9.17) is 5.73 Å². The molecule has 4 rings (SSSR count). The molecule has 2 aliphatic rings. The van der Waals surface area contributed by atoms with Crippen molar-refractivity contribution in [3.8, 4) is 0 Å². The summed E-state index contributed by atoms with van der Waals surface area (Å²) in [6, 6.07) is 18.7. The van der Waals surface area contributed by atoms with Gasteiger partial charge < -0.3 is 5.73 Å². The van der Waals surface area contributed by atoms with Crippen LogP contribution in [0.4, 0.5) is 5.69 Å². The first-order valence-corrected chi connectivity index (χ1v) is 10.1. The van der Waals surface area contributed by atoms with Crippen LogP contribution in [0.3, 0.4) is 0 Å². The number of hydrogen-bond acceptors (Lipinski definition) is 2. The van der Waals surface area contributed by atoms with Crippen LogP contribution in [-0.2, 0) is 0 Å². The van der Waals surface area contributed by atoms with Crippen molar-refractivity contribution in [2.75, 3.05) is 19.8 Å². The number of benzene rings is 2. The Balaban J connectivity index is 1.81. The van der Waals surface area contributed by atoms with Crippen LogP contribution in [0.1, 0.15) is 11.1 Å². The lowest BCUT2D eigenvalue weighted by molar-refractivity contribution is -0.462. The van der Waals surface area contributed by atoms with E-state index in [0.717, 1.165) is 5.69 Å². The maximum Gasteiger partial charge on any atom is 0.199 e. The highest BCUT2D eigenvalue weighted by Crippen LogP contribution is 2.44. The largest absolute Gasteiger partial charge is 0.399 e. The lowest BCUT2D eigenvalue weighted by Crippen LogP contribution is -2.10. The minimum Gasteiger partial charge on any atom is -0.399 e. The van der Waals surface area contributed by atoms with E-state index in [1.165, 1.54) is 37.8 Å². The van der Waals surface area contributed by atoms with Crippen LogP contribution in [0.5, 0.6) is 0 Å². The molecule has 0 fully saturated rings. The second-order valence-corrected chi connectivity index (χ2v) is 8.09. The highest BCUT2D eigenvalue weighted by molar-refractivity contribution is 8.16. The molecule has 2 N–H and O–H groups in total. The average Bonchev–Trinajstić information content (AvgIpc) is 2.74. The number of rotatable bonds is 2. The summed E-state index contributed by atoms with van der Waals surface area (Å²) < 4.78 is 2.12. The maximum atomic E-state index is 5.88. The maximum absolute atomic E-state index is 5.88. The van der Waals surface area contributed by atoms with Crippen molar-refractivity contribution in [1.29, 1.82) is 0 Å². The van der Waals surface area contributed by atoms with Gasteiger partial charge in [0, 0.05) is 27.6 Å². The lowest BCUT2D eigenvalue weighted by Gasteiger charge is -2.19. The summed E-state index contributed by atoms with van der Waals surface area (Å²) in [5, 5.41) is 0. The molecular weight excluding hydrogens is 360 g/mol. The summed E-state index contributed by atoms with van der Waals surface area (Å²) in [4.78, 5) is 2.48. The topological polar surface area (TPSA) is 29.0 Å². The van der Waals surface area contributed by atoms with Gasteiger partial charge in [-0.1, -0.05) is 54.2 Å². The van der Waals surface area contributed by atoms with Gasteiger partial charge in [0.15, 0.2) is 5.71 Å². The molecule has 28 heavy (non-hydrogen) atoms. The molecule has 0 radical (unpaired) electrons. The van der Waals surface area contributed by atoms with Crippen molar-refractivity contribution in [2.24, 2.45) is 0 Å². The Morgan fingerprint density at radius 3 is 1.82 bits per heavy atom. The minimum absolute atomic E-state index is 0.785. The van der Waals surface area contributed by atoms with Gasteiger partial charge in [-0.3, -0.25) is 0 Å². The Kier molecular flexibility index (Phi) is 5.18. The number of nitrogen functional groups attached to an aromatic ring is 1. The van der Waals surface area contributed by atoms with E-state index < -0.39 is 0 Å². The zero-order chi connectivity index (χ0) is 19.5. The molecule has 0 atom stereocenters. The molecule has 3 heteroatoms. The van der Waals surface area contributed by atoms with Gasteiger partial charge in [0.25, 0.3) is 0 Å². The highest BCUT2D eigenvalue weighted by atomic mass is 32.2. The van der Waals surface area contributed by atoms with Crippen molar-refractivity contribution in [2.45, 2.75) is 0 Å². The molecule has 0 aromatic heterocycles. The molecule has 0 amide bonds. The first-order valence-electron chi connectivity index (χ1n) is 9.27. The Morgan fingerprint density at radius 1 is 0.679 bits per heavy atom. The van der Waals surface area contributed by atoms with E-state index in [-0.39, 0.29) is 0 Å². The molecule has 1 aliphatic carbocycles. The third kappa shape index (κ3) is 3.95. The normalized spacial score (nSPS) is 16.1. The predicted molar refractivity (Wildman–Crippen MR) is 123 cm³/mol. The summed E-state index contributed by atoms with van der Waals surface area (Å²) in [7, 11) is 4.12. The SMILES string of the molecule is C[N+](C)=C1C=CC(=C2C=C(c3ccccc3)SC(c3ccc(N)cc3)=C2)C=C1. The summed E-state index contributed by atoms with van der Waals surface area (Å²) >= 11 is 1.80. The molecule has 0 spiro atoms. The van der Waals surface area contributed by atoms with Gasteiger partial charge in [0.1, 0.15) is 14.1 Å². The fraction of sp³-hybridized carbons (Fsp3) is 0.0800. The van der Waals surface area contributed by atoms with Crippen LogP contribution in [-0.4, -0.2) is 24.4 Å². The number of nitrogens with two attached hydrogens (primary N) is 1. The molecule has 2 aromatic carbocycles. The van der Waals surface area contributed by atoms with Crippen molar-refractivity contribution < 1.29 is 4.58 Å². The second-order valence-electron chi connectivity index (χ2n) is 7.00. The average molecular weight is 384 g/mol. The van der Waals surface area contributed by atoms with E-state index >= 15 is 0 Å². The van der Waals surface area contributed by atoms with Crippen LogP contribution >= 0.6 is 11.8 Å². The van der Waals surface area contributed by atoms with Crippen molar-refractivity contribution in [3.05, 3.63) is 113 Å². The number of thioether (sulfide) groups is 1. The molecule has 2 aromatic rings. The smallest absolute Gasteiger partial charge is 0.199 e. The Labute approximate surface area is 170 Å². The molecule has 0 unspecified atom stereocenters. The zero-order valence-corrected chi connectivity index (χ0v) is 16.9. The van der Waals surface area contributed by atoms with E-state index in [2.05, 4.69) is 97.6 Å². The van der Waals surface area contributed by atoms with E-state index in [9.17, 15) is 0 Å². The fourth-order valence-electron chi connectivity index (χ4n) is 3.15. The van der Waals surface area contributed by atoms with Crippen LogP contribution < -0.4 is 5.73 Å². The van der Waals surface area contributed by atoms with E-state index in [1.54, 1.807) is 11.8 Å². The summed E-state index contributed by atoms with van der Waals surface area (Å²) in [6.45, 7) is 0. The molecule has 138 valence electrons. The molecule has 1 heterocycles. The standard InChI is InChI=1S/C25H22N2S/c1-27(2)23-14-10-18(11-15-23)21-16-24(19-6-4-3-5-7-19)28-25(17-21)20-8-12-22(26)13-9-20/h3-17,26H,1-2H3/p+1. The number of anilines is 1. The van der Waals surface area contributed by atoms with Crippen molar-refractivity contribution in [1.82, 2.24) is 0 Å². The molecule has 0 saturated heterocycles. The number of nitrogens with zero attached hydrogens (tertiary/aromatic N) is 1. The van der Waals surface area contributed by atoms with Crippen molar-refractivity contribution in [3.63, 3.8) is 0 Å². The van der Waals surface area contributed by atoms with E-state index in [0.29, 0.717) is 0 Å². The highest BCUT2D eigenvalue weighted by Gasteiger charge is 2.16. The monoisotopic (exact) mass is 383 g/mol. The first-order chi connectivity index (χ1) is 13.6. The quantitative estimate of drug-likeness (QED) is 0.545. The van der Waals surface area contributed by atoms with Crippen LogP contribution in [0.15, 0.2) is 102 Å². The van der Waals surface area contributed by atoms with Gasteiger partial charge in [-0.05, 0) is 58.7 Å². The third-order valence-corrected chi connectivity index (χ3v) is 5.91. The zero-order valence-electron chi connectivity index (χ0n) is 16.1. The van der Waals surface area contributed by atoms with Crippen LogP contribution in [0, 0.1) is 0 Å². The van der Waals surface area contributed by atoms with Gasteiger partial charge in [0.2, 0.25) is 0 Å². The Morgan fingerprint density at radius 2 is 1.25 bits per heavy atom. The predicted octanol–water partition coefficient (Wildman–Crippen LogP) is 5.53. The third-order valence-electron chi connectivity index (χ3n) is 4.76. The summed E-state index contributed by atoms with van der Waals surface area (Å²) in [5.41, 5.74) is 12.7. The molecule has 0 saturated carbocycles. The Bertz CT molecular complexity index is 1060. The fourth-order valence-corrected chi connectivity index (χ4v) is 4.27. The van der Waals surface area contributed by atoms with Crippen molar-refractivity contribution >= 4 is 33.0 Å². The molecular formula is C25H23N2S+. The van der Waals surface area contributed by atoms with Gasteiger partial charge >= 0.3 is 0 Å². The van der Waals surface area contributed by atoms with Gasteiger partial charge in [-0.15, -0.1) is 0 Å². The summed E-state index contributed by atoms with van der Waals surface area (Å²) in [6.07, 6.45) is 13.3. The summed E-state index contributed by atoms with van der Waals surface area (Å²) in [5.74, 6) is 0. The number of allylic oxidation sites excluding steroid dienone is 8. The Hall–Kier alpha value is -3.04. The minimum atomic E-state index is 0.785. The molecule has 0 bridgehead atoms. The van der Waals surface area contributed by atoms with E-state index in [1.807, 2.05) is 12.1 Å². The van der Waals surface area contributed by atoms with Crippen LogP contribution in [0.25, 0.3) is 9.81 Å². The first kappa shape index (κ1) is 18.3. The second kappa shape index (κ2) is 7.91. The molecule has 2 nitrogen and oxygen atoms in total. The van der Waals surface area contributed by atoms with Gasteiger partial charge in [0.05, 0.1) is 0 Å². The lowest BCUT2D eigenvalue weighted by atomic mass is 9.99. The van der Waals surface area contributed by atoms with Crippen LogP contribution in [0.2, 0.25) is 0 Å². The molecule has 1 aliphatic heterocycles. The van der Waals surface area contributed by atoms with Gasteiger partial charge in [-0.25, -0.2) is 4.58 Å².